The van der Waals surface area contributed by atoms with Crippen LogP contribution in [0.15, 0.2) is 24.5 Å². The summed E-state index contributed by atoms with van der Waals surface area (Å²) in [5.74, 6) is 1.46. The Kier molecular flexibility index (Phi) is 2.81. The molecule has 83 valence electrons. The van der Waals surface area contributed by atoms with Crippen LogP contribution in [0.25, 0.3) is 11.1 Å². The molecule has 1 heterocycles. The van der Waals surface area contributed by atoms with E-state index in [0.29, 0.717) is 0 Å². The van der Waals surface area contributed by atoms with Gasteiger partial charge in [0.1, 0.15) is 11.5 Å². The number of benzene rings is 1. The molecule has 0 spiro atoms. The van der Waals surface area contributed by atoms with Gasteiger partial charge in [0, 0.05) is 18.8 Å². The van der Waals surface area contributed by atoms with Crippen molar-refractivity contribution in [2.24, 2.45) is 7.05 Å². The third kappa shape index (κ3) is 1.74. The predicted octanol–water partition coefficient (Wildman–Crippen LogP) is 1.90. The summed E-state index contributed by atoms with van der Waals surface area (Å²) in [6.45, 7) is 0. The number of hydrogen-bond donors (Lipinski definition) is 0. The minimum atomic E-state index is 0.729. The molecule has 0 amide bonds. The first kappa shape index (κ1) is 10.5. The van der Waals surface area contributed by atoms with Crippen LogP contribution in [0.2, 0.25) is 0 Å². The Balaban J connectivity index is 2.60. The minimum absolute atomic E-state index is 0.729. The fourth-order valence-corrected chi connectivity index (χ4v) is 1.62. The smallest absolute Gasteiger partial charge is 0.131 e. The average Bonchev–Trinajstić information content (AvgIpc) is 2.74. The zero-order valence-electron chi connectivity index (χ0n) is 9.52. The van der Waals surface area contributed by atoms with Gasteiger partial charge in [-0.25, -0.2) is 0 Å². The minimum Gasteiger partial charge on any atom is -0.496 e. The molecule has 2 rings (SSSR count). The number of aromatic nitrogens is 2. The SMILES string of the molecule is COc1c[c]cc(OC)c1-c1cnn(C)c1. The lowest BCUT2D eigenvalue weighted by Gasteiger charge is -2.10. The van der Waals surface area contributed by atoms with E-state index in [1.54, 1.807) is 37.2 Å². The van der Waals surface area contributed by atoms with Crippen LogP contribution in [0, 0.1) is 6.07 Å². The van der Waals surface area contributed by atoms with Crippen LogP contribution >= 0.6 is 0 Å². The Hall–Kier alpha value is -1.97. The second kappa shape index (κ2) is 4.26. The van der Waals surface area contributed by atoms with Gasteiger partial charge < -0.3 is 9.47 Å². The molecule has 1 aromatic carbocycles. The van der Waals surface area contributed by atoms with Gasteiger partial charge in [0.15, 0.2) is 0 Å². The molecule has 0 N–H and O–H groups in total. The van der Waals surface area contributed by atoms with Crippen molar-refractivity contribution in [2.45, 2.75) is 0 Å². The zero-order chi connectivity index (χ0) is 11.5. The molecule has 0 aliphatic heterocycles. The monoisotopic (exact) mass is 217 g/mol. The largest absolute Gasteiger partial charge is 0.496 e. The zero-order valence-corrected chi connectivity index (χ0v) is 9.52. The molecule has 0 saturated heterocycles. The maximum atomic E-state index is 5.30. The highest BCUT2D eigenvalue weighted by Gasteiger charge is 2.13. The molecule has 16 heavy (non-hydrogen) atoms. The molecular weight excluding hydrogens is 204 g/mol. The van der Waals surface area contributed by atoms with Crippen molar-refractivity contribution >= 4 is 0 Å². The van der Waals surface area contributed by atoms with Crippen molar-refractivity contribution in [2.75, 3.05) is 14.2 Å². The van der Waals surface area contributed by atoms with Gasteiger partial charge >= 0.3 is 0 Å². The average molecular weight is 217 g/mol. The first-order valence-corrected chi connectivity index (χ1v) is 4.87. The maximum absolute atomic E-state index is 5.30. The number of methoxy groups -OCH3 is 2. The van der Waals surface area contributed by atoms with Gasteiger partial charge in [-0.05, 0) is 18.2 Å². The lowest BCUT2D eigenvalue weighted by molar-refractivity contribution is 0.397. The van der Waals surface area contributed by atoms with Crippen LogP contribution in [0.4, 0.5) is 0 Å². The van der Waals surface area contributed by atoms with Gasteiger partial charge in [-0.15, -0.1) is 0 Å². The van der Waals surface area contributed by atoms with E-state index in [0.717, 1.165) is 22.6 Å². The van der Waals surface area contributed by atoms with Crippen molar-refractivity contribution in [3.05, 3.63) is 30.6 Å². The number of hydrogen-bond acceptors (Lipinski definition) is 3. The van der Waals surface area contributed by atoms with E-state index >= 15 is 0 Å². The summed E-state index contributed by atoms with van der Waals surface area (Å²) in [4.78, 5) is 0. The topological polar surface area (TPSA) is 36.3 Å². The van der Waals surface area contributed by atoms with Crippen LogP contribution in [0.3, 0.4) is 0 Å². The van der Waals surface area contributed by atoms with Crippen LogP contribution < -0.4 is 9.47 Å². The Bertz CT molecular complexity index is 469. The number of ether oxygens (including phenoxy) is 2. The number of aryl methyl sites for hydroxylation is 1. The normalized spacial score (nSPS) is 10.2. The summed E-state index contributed by atoms with van der Waals surface area (Å²) < 4.78 is 12.3. The summed E-state index contributed by atoms with van der Waals surface area (Å²) >= 11 is 0. The Morgan fingerprint density at radius 1 is 1.19 bits per heavy atom. The van der Waals surface area contributed by atoms with Gasteiger partial charge in [0.25, 0.3) is 0 Å². The first-order chi connectivity index (χ1) is 7.76. The fraction of sp³-hybridized carbons (Fsp3) is 0.250. The van der Waals surface area contributed by atoms with Gasteiger partial charge in [-0.2, -0.15) is 5.10 Å². The van der Waals surface area contributed by atoms with Crippen molar-refractivity contribution in [3.63, 3.8) is 0 Å². The van der Waals surface area contributed by atoms with Crippen molar-refractivity contribution in [1.82, 2.24) is 9.78 Å². The maximum Gasteiger partial charge on any atom is 0.131 e. The van der Waals surface area contributed by atoms with Gasteiger partial charge in [-0.3, -0.25) is 4.68 Å². The van der Waals surface area contributed by atoms with Crippen LogP contribution in [-0.2, 0) is 7.05 Å². The molecule has 0 unspecified atom stereocenters. The van der Waals surface area contributed by atoms with E-state index in [2.05, 4.69) is 11.2 Å². The molecule has 0 aliphatic carbocycles. The molecule has 4 nitrogen and oxygen atoms in total. The van der Waals surface area contributed by atoms with Gasteiger partial charge in [-0.1, -0.05) is 0 Å². The molecule has 2 aromatic rings. The predicted molar refractivity (Wildman–Crippen MR) is 60.6 cm³/mol. The molecule has 1 radical (unpaired) electrons. The molecule has 4 heteroatoms. The van der Waals surface area contributed by atoms with Crippen LogP contribution in [-0.4, -0.2) is 24.0 Å². The molecule has 0 fully saturated rings. The highest BCUT2D eigenvalue weighted by molar-refractivity contribution is 5.75. The number of nitrogens with zero attached hydrogens (tertiary/aromatic N) is 2. The highest BCUT2D eigenvalue weighted by Crippen LogP contribution is 2.37. The summed E-state index contributed by atoms with van der Waals surface area (Å²) in [6.07, 6.45) is 3.70. The van der Waals surface area contributed by atoms with Gasteiger partial charge in [0.2, 0.25) is 0 Å². The van der Waals surface area contributed by atoms with E-state index in [-0.39, 0.29) is 0 Å². The van der Waals surface area contributed by atoms with E-state index in [4.69, 9.17) is 9.47 Å². The second-order valence-corrected chi connectivity index (χ2v) is 3.37. The second-order valence-electron chi connectivity index (χ2n) is 3.37. The van der Waals surface area contributed by atoms with E-state index in [1.807, 2.05) is 13.2 Å². The molecular formula is C12H13N2O2. The molecule has 0 atom stereocenters. The molecule has 0 aliphatic rings. The Labute approximate surface area is 94.4 Å². The summed E-state index contributed by atoms with van der Waals surface area (Å²) in [5, 5.41) is 4.14. The third-order valence-corrected chi connectivity index (χ3v) is 2.36. The quantitative estimate of drug-likeness (QED) is 0.787. The van der Waals surface area contributed by atoms with Crippen molar-refractivity contribution in [1.29, 1.82) is 0 Å². The van der Waals surface area contributed by atoms with Crippen LogP contribution in [0.1, 0.15) is 0 Å². The Morgan fingerprint density at radius 3 is 2.25 bits per heavy atom. The summed E-state index contributed by atoms with van der Waals surface area (Å²) in [5.41, 5.74) is 1.86. The lowest BCUT2D eigenvalue weighted by atomic mass is 10.1. The van der Waals surface area contributed by atoms with Crippen LogP contribution in [0.5, 0.6) is 11.5 Å². The van der Waals surface area contributed by atoms with Crippen molar-refractivity contribution < 1.29 is 9.47 Å². The Morgan fingerprint density at radius 2 is 1.81 bits per heavy atom. The van der Waals surface area contributed by atoms with E-state index < -0.39 is 0 Å². The summed E-state index contributed by atoms with van der Waals surface area (Å²) in [7, 11) is 5.13. The van der Waals surface area contributed by atoms with Gasteiger partial charge in [0.05, 0.1) is 26.0 Å². The molecule has 0 saturated carbocycles. The standard InChI is InChI=1S/C12H13N2O2/c1-14-8-9(7-13-14)12-10(15-2)5-4-6-11(12)16-3/h5-8H,1-3H3. The highest BCUT2D eigenvalue weighted by atomic mass is 16.5. The third-order valence-electron chi connectivity index (χ3n) is 2.36. The molecule has 1 aromatic heterocycles. The van der Waals surface area contributed by atoms with E-state index in [9.17, 15) is 0 Å². The van der Waals surface area contributed by atoms with Crippen molar-refractivity contribution in [3.8, 4) is 22.6 Å². The fourth-order valence-electron chi connectivity index (χ4n) is 1.62. The molecule has 0 bridgehead atoms. The first-order valence-electron chi connectivity index (χ1n) is 4.87. The lowest BCUT2D eigenvalue weighted by Crippen LogP contribution is -1.92. The van der Waals surface area contributed by atoms with E-state index in [1.165, 1.54) is 0 Å². The number of rotatable bonds is 3. The summed E-state index contributed by atoms with van der Waals surface area (Å²) in [6, 6.07) is 6.54.